The molecule has 1 N–H and O–H groups in total. The molecule has 1 aliphatic heterocycles. The van der Waals surface area contributed by atoms with Gasteiger partial charge in [-0.1, -0.05) is 40.2 Å². The van der Waals surface area contributed by atoms with E-state index in [1.165, 1.54) is 13.2 Å². The molecule has 0 saturated carbocycles. The number of hydrogen-bond acceptors (Lipinski definition) is 5. The lowest BCUT2D eigenvalue weighted by molar-refractivity contribution is -0.122. The van der Waals surface area contributed by atoms with Gasteiger partial charge in [-0.3, -0.25) is 14.9 Å². The Morgan fingerprint density at radius 2 is 1.78 bits per heavy atom. The molecule has 0 atom stereocenters. The number of benzene rings is 3. The molecule has 4 amide bonds. The van der Waals surface area contributed by atoms with E-state index in [0.29, 0.717) is 29.4 Å². The van der Waals surface area contributed by atoms with Gasteiger partial charge in [-0.05, 0) is 95.1 Å². The molecule has 1 heterocycles. The first kappa shape index (κ1) is 25.9. The Labute approximate surface area is 230 Å². The Hall–Kier alpha value is -3.18. The van der Waals surface area contributed by atoms with Crippen LogP contribution in [0, 0.1) is 17.4 Å². The monoisotopic (exact) mass is 660 g/mol. The molecule has 0 spiro atoms. The summed E-state index contributed by atoms with van der Waals surface area (Å²) in [7, 11) is 1.52. The Bertz CT molecular complexity index is 1400. The number of nitrogens with one attached hydrogen (secondary N) is 1. The van der Waals surface area contributed by atoms with Crippen molar-refractivity contribution in [3.8, 4) is 11.5 Å². The number of halogens is 2. The molecule has 1 aliphatic rings. The molecule has 36 heavy (non-hydrogen) atoms. The van der Waals surface area contributed by atoms with Crippen molar-refractivity contribution in [1.82, 2.24) is 5.32 Å². The van der Waals surface area contributed by atoms with Crippen molar-refractivity contribution in [3.63, 3.8) is 0 Å². The molecule has 3 aromatic carbocycles. The maximum absolute atomic E-state index is 13.3. The number of rotatable bonds is 6. The maximum atomic E-state index is 13.3. The summed E-state index contributed by atoms with van der Waals surface area (Å²) in [5.74, 6) is -0.440. The highest BCUT2D eigenvalue weighted by Crippen LogP contribution is 2.36. The van der Waals surface area contributed by atoms with Crippen molar-refractivity contribution in [1.29, 1.82) is 0 Å². The zero-order valence-electron chi connectivity index (χ0n) is 19.7. The molecule has 0 aliphatic carbocycles. The summed E-state index contributed by atoms with van der Waals surface area (Å²) in [6.07, 6.45) is 1.45. The van der Waals surface area contributed by atoms with Crippen LogP contribution in [0.2, 0.25) is 0 Å². The smallest absolute Gasteiger partial charge is 0.335 e. The predicted molar refractivity (Wildman–Crippen MR) is 149 cm³/mol. The van der Waals surface area contributed by atoms with Gasteiger partial charge in [-0.15, -0.1) is 0 Å². The summed E-state index contributed by atoms with van der Waals surface area (Å²) in [6, 6.07) is 15.8. The quantitative estimate of drug-likeness (QED) is 0.202. The molecule has 0 radical (unpaired) electrons. The second kappa shape index (κ2) is 10.8. The molecule has 3 aromatic rings. The minimum absolute atomic E-state index is 0.156. The Morgan fingerprint density at radius 3 is 2.47 bits per heavy atom. The van der Waals surface area contributed by atoms with Crippen molar-refractivity contribution >= 4 is 68.1 Å². The fourth-order valence-corrected chi connectivity index (χ4v) is 4.77. The van der Waals surface area contributed by atoms with Gasteiger partial charge >= 0.3 is 6.03 Å². The average Bonchev–Trinajstić information content (AvgIpc) is 2.84. The van der Waals surface area contributed by atoms with Crippen LogP contribution in [0.4, 0.5) is 10.5 Å². The number of methoxy groups -OCH3 is 1. The van der Waals surface area contributed by atoms with E-state index < -0.39 is 17.8 Å². The van der Waals surface area contributed by atoms with Crippen LogP contribution in [0.25, 0.3) is 6.08 Å². The highest BCUT2D eigenvalue weighted by molar-refractivity contribution is 14.1. The van der Waals surface area contributed by atoms with Gasteiger partial charge in [0.15, 0.2) is 11.5 Å². The topological polar surface area (TPSA) is 84.9 Å². The lowest BCUT2D eigenvalue weighted by Crippen LogP contribution is -2.54. The molecular formula is C27H22BrIN2O5. The number of anilines is 1. The van der Waals surface area contributed by atoms with Crippen LogP contribution in [0.5, 0.6) is 11.5 Å². The zero-order chi connectivity index (χ0) is 26.0. The second-order valence-corrected chi connectivity index (χ2v) is 10.2. The summed E-state index contributed by atoms with van der Waals surface area (Å²) in [4.78, 5) is 39.5. The van der Waals surface area contributed by atoms with E-state index in [-0.39, 0.29) is 5.57 Å². The third kappa shape index (κ3) is 5.31. The molecular weight excluding hydrogens is 639 g/mol. The van der Waals surface area contributed by atoms with Crippen LogP contribution in [0.1, 0.15) is 22.3 Å². The van der Waals surface area contributed by atoms with E-state index in [9.17, 15) is 14.4 Å². The molecule has 1 fully saturated rings. The highest BCUT2D eigenvalue weighted by atomic mass is 127. The third-order valence-electron chi connectivity index (χ3n) is 5.78. The van der Waals surface area contributed by atoms with Crippen LogP contribution in [0.3, 0.4) is 0 Å². The van der Waals surface area contributed by atoms with Gasteiger partial charge in [0.25, 0.3) is 11.8 Å². The number of aryl methyl sites for hydroxylation is 1. The first-order valence-electron chi connectivity index (χ1n) is 10.9. The largest absolute Gasteiger partial charge is 0.493 e. The van der Waals surface area contributed by atoms with Crippen molar-refractivity contribution in [2.75, 3.05) is 12.0 Å². The van der Waals surface area contributed by atoms with Gasteiger partial charge in [0.1, 0.15) is 12.2 Å². The molecule has 0 bridgehead atoms. The lowest BCUT2D eigenvalue weighted by atomic mass is 10.0. The number of urea groups is 1. The third-order valence-corrected chi connectivity index (χ3v) is 7.11. The zero-order valence-corrected chi connectivity index (χ0v) is 23.5. The fraction of sp³-hybridized carbons (Fsp3) is 0.148. The van der Waals surface area contributed by atoms with Crippen molar-refractivity contribution in [2.45, 2.75) is 20.5 Å². The van der Waals surface area contributed by atoms with Crippen molar-refractivity contribution in [2.24, 2.45) is 0 Å². The molecule has 9 heteroatoms. The molecule has 4 rings (SSSR count). The van der Waals surface area contributed by atoms with Gasteiger partial charge in [0.05, 0.1) is 16.4 Å². The van der Waals surface area contributed by atoms with E-state index in [1.807, 2.05) is 44.2 Å². The predicted octanol–water partition coefficient (Wildman–Crippen LogP) is 5.92. The number of imide groups is 2. The van der Waals surface area contributed by atoms with E-state index >= 15 is 0 Å². The SMILES string of the molecule is COc1cc(/C=C2\C(=O)NC(=O)N(c3cccc(C)c3C)C2=O)cc(I)c1OCc1ccc(Br)cc1. The van der Waals surface area contributed by atoms with Gasteiger partial charge in [-0.2, -0.15) is 0 Å². The maximum Gasteiger partial charge on any atom is 0.335 e. The number of barbiturate groups is 1. The number of nitrogens with zero attached hydrogens (tertiary/aromatic N) is 1. The lowest BCUT2D eigenvalue weighted by Gasteiger charge is -2.28. The average molecular weight is 661 g/mol. The summed E-state index contributed by atoms with van der Waals surface area (Å²) < 4.78 is 13.3. The number of carbonyl (C=O) groups is 3. The van der Waals surface area contributed by atoms with Gasteiger partial charge in [-0.25, -0.2) is 9.69 Å². The number of amides is 4. The Morgan fingerprint density at radius 1 is 1.06 bits per heavy atom. The first-order chi connectivity index (χ1) is 17.2. The first-order valence-corrected chi connectivity index (χ1v) is 12.8. The van der Waals surface area contributed by atoms with Gasteiger partial charge in [0.2, 0.25) is 0 Å². The molecule has 1 saturated heterocycles. The van der Waals surface area contributed by atoms with E-state index in [4.69, 9.17) is 9.47 Å². The standard InChI is InChI=1S/C27H22BrIN2O5/c1-15-5-4-6-22(16(15)2)31-26(33)20(25(32)30-27(31)34)11-18-12-21(29)24(23(13-18)35-3)36-14-17-7-9-19(28)10-8-17/h4-13H,14H2,1-3H3,(H,30,32,34)/b20-11+. The summed E-state index contributed by atoms with van der Waals surface area (Å²) in [6.45, 7) is 4.06. The number of ether oxygens (including phenoxy) is 2. The van der Waals surface area contributed by atoms with Crippen LogP contribution in [0.15, 0.2) is 64.6 Å². The Kier molecular flexibility index (Phi) is 7.79. The minimum Gasteiger partial charge on any atom is -0.493 e. The minimum atomic E-state index is -0.778. The molecule has 0 unspecified atom stereocenters. The summed E-state index contributed by atoms with van der Waals surface area (Å²) in [5.41, 5.74) is 3.52. The van der Waals surface area contributed by atoms with E-state index in [1.54, 1.807) is 24.3 Å². The van der Waals surface area contributed by atoms with Gasteiger partial charge < -0.3 is 9.47 Å². The number of carbonyl (C=O) groups excluding carboxylic acids is 3. The molecule has 184 valence electrons. The summed E-state index contributed by atoms with van der Waals surface area (Å²) in [5, 5.41) is 2.27. The van der Waals surface area contributed by atoms with Gasteiger partial charge in [0, 0.05) is 4.47 Å². The van der Waals surface area contributed by atoms with Crippen LogP contribution in [-0.4, -0.2) is 25.0 Å². The van der Waals surface area contributed by atoms with E-state index in [2.05, 4.69) is 43.8 Å². The second-order valence-electron chi connectivity index (χ2n) is 8.13. The molecule has 0 aromatic heterocycles. The van der Waals surface area contributed by atoms with E-state index in [0.717, 1.165) is 29.6 Å². The van der Waals surface area contributed by atoms with Crippen molar-refractivity contribution in [3.05, 3.63) is 90.5 Å². The van der Waals surface area contributed by atoms with Crippen LogP contribution >= 0.6 is 38.5 Å². The Balaban J connectivity index is 1.66. The fourth-order valence-electron chi connectivity index (χ4n) is 3.72. The number of hydrogen-bond donors (Lipinski definition) is 1. The summed E-state index contributed by atoms with van der Waals surface area (Å²) >= 11 is 5.54. The molecule has 7 nitrogen and oxygen atoms in total. The van der Waals surface area contributed by atoms with Crippen molar-refractivity contribution < 1.29 is 23.9 Å². The normalized spacial score (nSPS) is 14.8. The van der Waals surface area contributed by atoms with Crippen LogP contribution in [-0.2, 0) is 16.2 Å². The van der Waals surface area contributed by atoms with Crippen LogP contribution < -0.4 is 19.7 Å². The highest BCUT2D eigenvalue weighted by Gasteiger charge is 2.37.